The highest BCUT2D eigenvalue weighted by Gasteiger charge is 2.17. The van der Waals surface area contributed by atoms with E-state index in [0.717, 1.165) is 11.8 Å². The summed E-state index contributed by atoms with van der Waals surface area (Å²) in [7, 11) is 0. The zero-order valence-corrected chi connectivity index (χ0v) is 9.88. The number of thioether (sulfide) groups is 1. The number of nitrogens with zero attached hydrogens (tertiary/aromatic N) is 2. The normalized spacial score (nSPS) is 12.4. The second kappa shape index (κ2) is 5.31. The summed E-state index contributed by atoms with van der Waals surface area (Å²) in [5.41, 5.74) is 0. The molecule has 0 spiro atoms. The molecule has 4 nitrogen and oxygen atoms in total. The first-order valence-electron chi connectivity index (χ1n) is 4.01. The Labute approximate surface area is 94.3 Å². The summed E-state index contributed by atoms with van der Waals surface area (Å²) in [6.45, 7) is 1.82. The molecular weight excluding hydrogens is 268 g/mol. The molecule has 0 aliphatic rings. The minimum atomic E-state index is -0.832. The molecule has 6 heteroatoms. The largest absolute Gasteiger partial charge is 0.480 e. The fraction of sp³-hybridized carbons (Fsp3) is 0.375. The van der Waals surface area contributed by atoms with E-state index in [-0.39, 0.29) is 0 Å². The molecule has 1 aromatic heterocycles. The Morgan fingerprint density at radius 1 is 1.79 bits per heavy atom. The maximum absolute atomic E-state index is 10.7. The van der Waals surface area contributed by atoms with Crippen LogP contribution in [0.25, 0.3) is 0 Å². The molecule has 1 unspecified atom stereocenters. The smallest absolute Gasteiger partial charge is 0.317 e. The van der Waals surface area contributed by atoms with Crippen molar-refractivity contribution in [2.45, 2.75) is 23.8 Å². The van der Waals surface area contributed by atoms with Crippen LogP contribution in [0.5, 0.6) is 0 Å². The van der Waals surface area contributed by atoms with Crippen molar-refractivity contribution in [3.63, 3.8) is 0 Å². The average molecular weight is 277 g/mol. The average Bonchev–Trinajstić information content (AvgIpc) is 2.14. The van der Waals surface area contributed by atoms with Crippen LogP contribution in [0.1, 0.15) is 13.3 Å². The molecule has 1 aromatic rings. The van der Waals surface area contributed by atoms with Gasteiger partial charge in [-0.2, -0.15) is 0 Å². The molecule has 1 rings (SSSR count). The van der Waals surface area contributed by atoms with E-state index in [4.69, 9.17) is 5.11 Å². The van der Waals surface area contributed by atoms with E-state index in [1.54, 1.807) is 12.3 Å². The molecule has 0 aliphatic heterocycles. The molecule has 0 aromatic carbocycles. The maximum atomic E-state index is 10.7. The van der Waals surface area contributed by atoms with Gasteiger partial charge in [0.25, 0.3) is 0 Å². The Bertz CT molecular complexity index is 335. The van der Waals surface area contributed by atoms with Gasteiger partial charge in [-0.05, 0) is 28.4 Å². The van der Waals surface area contributed by atoms with Crippen molar-refractivity contribution >= 4 is 33.7 Å². The van der Waals surface area contributed by atoms with Crippen LogP contribution in [-0.4, -0.2) is 26.3 Å². The molecule has 0 aliphatic carbocycles. The monoisotopic (exact) mass is 276 g/mol. The van der Waals surface area contributed by atoms with Crippen LogP contribution in [0.3, 0.4) is 0 Å². The van der Waals surface area contributed by atoms with Gasteiger partial charge in [-0.25, -0.2) is 9.97 Å². The summed E-state index contributed by atoms with van der Waals surface area (Å²) in [6, 6.07) is 1.70. The minimum Gasteiger partial charge on any atom is -0.480 e. The van der Waals surface area contributed by atoms with Crippen LogP contribution in [0, 0.1) is 0 Å². The van der Waals surface area contributed by atoms with Crippen molar-refractivity contribution in [3.05, 3.63) is 16.9 Å². The Morgan fingerprint density at radius 2 is 2.50 bits per heavy atom. The Hall–Kier alpha value is -0.620. The lowest BCUT2D eigenvalue weighted by Crippen LogP contribution is -2.15. The van der Waals surface area contributed by atoms with E-state index in [9.17, 15) is 4.79 Å². The molecule has 1 N–H and O–H groups in total. The molecule has 0 fully saturated rings. The van der Waals surface area contributed by atoms with Gasteiger partial charge in [0.05, 0.1) is 0 Å². The molecule has 14 heavy (non-hydrogen) atoms. The first kappa shape index (κ1) is 11.5. The molecule has 0 amide bonds. The van der Waals surface area contributed by atoms with Gasteiger partial charge < -0.3 is 5.11 Å². The second-order valence-corrected chi connectivity index (χ2v) is 4.50. The van der Waals surface area contributed by atoms with Gasteiger partial charge in [-0.15, -0.1) is 0 Å². The number of hydrogen-bond donors (Lipinski definition) is 1. The summed E-state index contributed by atoms with van der Waals surface area (Å²) in [4.78, 5) is 18.7. The fourth-order valence-electron chi connectivity index (χ4n) is 0.812. The van der Waals surface area contributed by atoms with Crippen molar-refractivity contribution < 1.29 is 9.90 Å². The van der Waals surface area contributed by atoms with E-state index < -0.39 is 11.2 Å². The third kappa shape index (κ3) is 3.26. The number of rotatable bonds is 4. The molecule has 1 heterocycles. The maximum Gasteiger partial charge on any atom is 0.317 e. The number of aliphatic carboxylic acids is 1. The van der Waals surface area contributed by atoms with Crippen LogP contribution in [0.4, 0.5) is 0 Å². The van der Waals surface area contributed by atoms with Crippen LogP contribution >= 0.6 is 27.7 Å². The van der Waals surface area contributed by atoms with Crippen molar-refractivity contribution in [2.75, 3.05) is 0 Å². The molecule has 0 saturated heterocycles. The number of aromatic nitrogens is 2. The van der Waals surface area contributed by atoms with Crippen LogP contribution in [-0.2, 0) is 4.79 Å². The predicted molar refractivity (Wildman–Crippen MR) is 57.3 cm³/mol. The van der Waals surface area contributed by atoms with Gasteiger partial charge in [0, 0.05) is 6.20 Å². The highest BCUT2D eigenvalue weighted by molar-refractivity contribution is 9.10. The molecule has 1 atom stereocenters. The number of hydrogen-bond acceptors (Lipinski definition) is 4. The van der Waals surface area contributed by atoms with Crippen molar-refractivity contribution in [1.29, 1.82) is 0 Å². The zero-order chi connectivity index (χ0) is 10.6. The lowest BCUT2D eigenvalue weighted by molar-refractivity contribution is -0.136. The summed E-state index contributed by atoms with van der Waals surface area (Å²) < 4.78 is 0.662. The van der Waals surface area contributed by atoms with Gasteiger partial charge >= 0.3 is 5.97 Å². The van der Waals surface area contributed by atoms with Gasteiger partial charge in [0.15, 0.2) is 5.16 Å². The van der Waals surface area contributed by atoms with E-state index >= 15 is 0 Å². The van der Waals surface area contributed by atoms with Gasteiger partial charge in [-0.3, -0.25) is 4.79 Å². The summed E-state index contributed by atoms with van der Waals surface area (Å²) in [5, 5.41) is 8.81. The second-order valence-electron chi connectivity index (χ2n) is 2.51. The summed E-state index contributed by atoms with van der Waals surface area (Å²) in [5.74, 6) is -0.832. The summed E-state index contributed by atoms with van der Waals surface area (Å²) >= 11 is 4.36. The molecule has 76 valence electrons. The number of carbonyl (C=O) groups is 1. The number of carboxylic acids is 1. The van der Waals surface area contributed by atoms with Crippen molar-refractivity contribution in [1.82, 2.24) is 9.97 Å². The molecule has 0 radical (unpaired) electrons. The first-order chi connectivity index (χ1) is 6.63. The van der Waals surface area contributed by atoms with Crippen molar-refractivity contribution in [3.8, 4) is 0 Å². The Balaban J connectivity index is 2.72. The molecular formula is C8H9BrN2O2S. The number of carboxylic acid groups (broad SMARTS) is 1. The highest BCUT2D eigenvalue weighted by Crippen LogP contribution is 2.22. The quantitative estimate of drug-likeness (QED) is 0.519. The Morgan fingerprint density at radius 3 is 3.00 bits per heavy atom. The lowest BCUT2D eigenvalue weighted by Gasteiger charge is -2.07. The Kier molecular flexibility index (Phi) is 4.34. The minimum absolute atomic E-state index is 0.480. The third-order valence-corrected chi connectivity index (χ3v) is 3.16. The van der Waals surface area contributed by atoms with Gasteiger partial charge in [-0.1, -0.05) is 18.7 Å². The fourth-order valence-corrected chi connectivity index (χ4v) is 2.01. The van der Waals surface area contributed by atoms with E-state index in [1.165, 1.54) is 0 Å². The standard InChI is InChI=1S/C8H9BrN2O2S/c1-2-5(7(12)13)14-8-10-4-3-6(9)11-8/h3-5H,2H2,1H3,(H,12,13). The highest BCUT2D eigenvalue weighted by atomic mass is 79.9. The molecule has 0 bridgehead atoms. The van der Waals surface area contributed by atoms with Crippen molar-refractivity contribution in [2.24, 2.45) is 0 Å². The van der Waals surface area contributed by atoms with Crippen LogP contribution < -0.4 is 0 Å². The first-order valence-corrected chi connectivity index (χ1v) is 5.68. The van der Waals surface area contributed by atoms with E-state index in [1.807, 2.05) is 6.92 Å². The lowest BCUT2D eigenvalue weighted by atomic mass is 10.3. The predicted octanol–water partition coefficient (Wildman–Crippen LogP) is 2.19. The van der Waals surface area contributed by atoms with Gasteiger partial charge in [0.1, 0.15) is 9.85 Å². The van der Waals surface area contributed by atoms with Gasteiger partial charge in [0.2, 0.25) is 0 Å². The van der Waals surface area contributed by atoms with E-state index in [2.05, 4.69) is 25.9 Å². The van der Waals surface area contributed by atoms with E-state index in [0.29, 0.717) is 16.2 Å². The third-order valence-electron chi connectivity index (χ3n) is 1.49. The zero-order valence-electron chi connectivity index (χ0n) is 7.48. The van der Waals surface area contributed by atoms with Crippen LogP contribution in [0.15, 0.2) is 22.0 Å². The van der Waals surface area contributed by atoms with Crippen LogP contribution in [0.2, 0.25) is 0 Å². The molecule has 0 saturated carbocycles. The number of halogens is 1. The topological polar surface area (TPSA) is 63.1 Å². The SMILES string of the molecule is CCC(Sc1nccc(Br)n1)C(=O)O. The summed E-state index contributed by atoms with van der Waals surface area (Å²) in [6.07, 6.45) is 2.14.